The highest BCUT2D eigenvalue weighted by atomic mass is 32.1. The minimum absolute atomic E-state index is 0.00453. The Labute approximate surface area is 184 Å². The number of nitrogens with one attached hydrogen (secondary N) is 1. The van der Waals surface area contributed by atoms with E-state index < -0.39 is 0 Å². The predicted octanol–water partition coefficient (Wildman–Crippen LogP) is 2.42. The number of hydrogen-bond acceptors (Lipinski definition) is 6. The Bertz CT molecular complexity index is 1080. The Morgan fingerprint density at radius 2 is 2.16 bits per heavy atom. The van der Waals surface area contributed by atoms with Gasteiger partial charge in [0, 0.05) is 55.1 Å². The predicted molar refractivity (Wildman–Crippen MR) is 117 cm³/mol. The first-order chi connectivity index (χ1) is 15.1. The van der Waals surface area contributed by atoms with E-state index in [0.29, 0.717) is 44.9 Å². The van der Waals surface area contributed by atoms with Crippen LogP contribution in [0.3, 0.4) is 0 Å². The summed E-state index contributed by atoms with van der Waals surface area (Å²) in [5.41, 5.74) is 3.09. The van der Waals surface area contributed by atoms with Gasteiger partial charge in [-0.1, -0.05) is 6.07 Å². The van der Waals surface area contributed by atoms with Crippen molar-refractivity contribution in [2.24, 2.45) is 0 Å². The molecule has 0 bridgehead atoms. The first-order valence-corrected chi connectivity index (χ1v) is 11.0. The number of carbonyl (C=O) groups is 2. The van der Waals surface area contributed by atoms with Crippen molar-refractivity contribution in [3.8, 4) is 0 Å². The van der Waals surface area contributed by atoms with Crippen LogP contribution in [0.4, 0.5) is 0 Å². The van der Waals surface area contributed by atoms with Gasteiger partial charge in [-0.2, -0.15) is 5.10 Å². The Kier molecular flexibility index (Phi) is 6.43. The number of aromatic nitrogens is 3. The molecule has 1 N–H and O–H groups in total. The third-order valence-corrected chi connectivity index (χ3v) is 6.26. The van der Waals surface area contributed by atoms with Gasteiger partial charge in [-0.25, -0.2) is 0 Å². The third kappa shape index (κ3) is 4.67. The normalized spacial score (nSPS) is 13.2. The van der Waals surface area contributed by atoms with Crippen molar-refractivity contribution < 1.29 is 14.3 Å². The summed E-state index contributed by atoms with van der Waals surface area (Å²) in [6.07, 6.45) is 4.06. The van der Waals surface area contributed by atoms with E-state index in [2.05, 4.69) is 15.4 Å². The van der Waals surface area contributed by atoms with E-state index in [0.717, 1.165) is 26.6 Å². The number of hydrogen-bond donors (Lipinski definition) is 1. The Morgan fingerprint density at radius 3 is 2.87 bits per heavy atom. The summed E-state index contributed by atoms with van der Waals surface area (Å²) < 4.78 is 7.04. The van der Waals surface area contributed by atoms with E-state index in [4.69, 9.17) is 4.74 Å². The molecule has 0 saturated heterocycles. The lowest BCUT2D eigenvalue weighted by Gasteiger charge is -2.27. The van der Waals surface area contributed by atoms with Gasteiger partial charge >= 0.3 is 0 Å². The second-order valence-electron chi connectivity index (χ2n) is 7.42. The molecule has 1 aliphatic heterocycles. The number of amides is 2. The van der Waals surface area contributed by atoms with Crippen LogP contribution in [0.5, 0.6) is 0 Å². The van der Waals surface area contributed by atoms with Crippen molar-refractivity contribution >= 4 is 23.2 Å². The molecular formula is C22H25N5O3S. The Hall–Kier alpha value is -3.04. The van der Waals surface area contributed by atoms with Crippen molar-refractivity contribution in [1.82, 2.24) is 25.0 Å². The summed E-state index contributed by atoms with van der Waals surface area (Å²) in [6.45, 7) is 4.38. The molecule has 8 nitrogen and oxygen atoms in total. The van der Waals surface area contributed by atoms with Crippen molar-refractivity contribution in [1.29, 1.82) is 0 Å². The molecule has 2 amide bonds. The van der Waals surface area contributed by atoms with Crippen LogP contribution in [0.2, 0.25) is 0 Å². The van der Waals surface area contributed by atoms with Gasteiger partial charge in [0.25, 0.3) is 11.8 Å². The van der Waals surface area contributed by atoms with Gasteiger partial charge in [0.15, 0.2) is 5.69 Å². The summed E-state index contributed by atoms with van der Waals surface area (Å²) in [6, 6.07) is 7.55. The summed E-state index contributed by atoms with van der Waals surface area (Å²) in [7, 11) is 1.64. The highest BCUT2D eigenvalue weighted by molar-refractivity contribution is 7.13. The number of carbonyl (C=O) groups excluding carboxylic acids is 2. The second kappa shape index (κ2) is 9.40. The maximum Gasteiger partial charge on any atom is 0.272 e. The largest absolute Gasteiger partial charge is 0.383 e. The van der Waals surface area contributed by atoms with Crippen LogP contribution in [-0.4, -0.2) is 51.7 Å². The second-order valence-corrected chi connectivity index (χ2v) is 8.71. The zero-order chi connectivity index (χ0) is 21.8. The van der Waals surface area contributed by atoms with Gasteiger partial charge in [-0.15, -0.1) is 11.3 Å². The summed E-state index contributed by atoms with van der Waals surface area (Å²) in [4.78, 5) is 33.7. The molecule has 31 heavy (non-hydrogen) atoms. The zero-order valence-corrected chi connectivity index (χ0v) is 18.4. The number of pyridine rings is 1. The van der Waals surface area contributed by atoms with Crippen LogP contribution >= 0.6 is 11.3 Å². The number of ether oxygens (including phenoxy) is 1. The van der Waals surface area contributed by atoms with Crippen LogP contribution in [-0.2, 0) is 30.8 Å². The number of rotatable bonds is 7. The van der Waals surface area contributed by atoms with Crippen molar-refractivity contribution in [3.63, 3.8) is 0 Å². The molecule has 3 aromatic heterocycles. The maximum atomic E-state index is 13.0. The van der Waals surface area contributed by atoms with Gasteiger partial charge in [0.2, 0.25) is 0 Å². The quantitative estimate of drug-likeness (QED) is 0.611. The molecule has 0 aliphatic carbocycles. The van der Waals surface area contributed by atoms with E-state index in [1.165, 1.54) is 11.3 Å². The first kappa shape index (κ1) is 21.2. The van der Waals surface area contributed by atoms with Crippen molar-refractivity contribution in [2.45, 2.75) is 33.0 Å². The van der Waals surface area contributed by atoms with E-state index >= 15 is 0 Å². The number of thiophene rings is 1. The molecule has 4 heterocycles. The molecule has 0 spiro atoms. The molecule has 162 valence electrons. The van der Waals surface area contributed by atoms with Crippen LogP contribution in [0.15, 0.2) is 36.7 Å². The standard InChI is InChI=1S/C22H25N5O3S/c1-15-5-6-19(31-15)22(29)26-9-7-18-17(14-26)20(25-27(18)10-11-30-2)21(28)24-13-16-4-3-8-23-12-16/h3-6,8,12H,7,9-11,13-14H2,1-2H3,(H,24,28). The molecule has 3 aromatic rings. The summed E-state index contributed by atoms with van der Waals surface area (Å²) in [5.74, 6) is -0.257. The lowest BCUT2D eigenvalue weighted by Crippen LogP contribution is -2.37. The summed E-state index contributed by atoms with van der Waals surface area (Å²) in [5, 5.41) is 7.51. The van der Waals surface area contributed by atoms with Crippen molar-refractivity contribution in [2.75, 3.05) is 20.3 Å². The van der Waals surface area contributed by atoms with Gasteiger partial charge < -0.3 is 15.0 Å². The Morgan fingerprint density at radius 1 is 1.29 bits per heavy atom. The molecule has 0 radical (unpaired) electrons. The van der Waals surface area contributed by atoms with Gasteiger partial charge in [-0.05, 0) is 30.7 Å². The maximum absolute atomic E-state index is 13.0. The fourth-order valence-corrected chi connectivity index (χ4v) is 4.52. The molecule has 4 rings (SSSR count). The fraction of sp³-hybridized carbons (Fsp3) is 0.364. The van der Waals surface area contributed by atoms with Crippen molar-refractivity contribution in [3.05, 3.63) is 68.9 Å². The molecule has 0 unspecified atom stereocenters. The highest BCUT2D eigenvalue weighted by Gasteiger charge is 2.30. The molecule has 0 atom stereocenters. The molecule has 0 saturated carbocycles. The fourth-order valence-electron chi connectivity index (χ4n) is 3.68. The SMILES string of the molecule is COCCn1nc(C(=O)NCc2cccnc2)c2c1CCN(C(=O)c1ccc(C)s1)C2. The number of nitrogens with zero attached hydrogens (tertiary/aromatic N) is 4. The van der Waals surface area contributed by atoms with Crippen LogP contribution < -0.4 is 5.32 Å². The monoisotopic (exact) mass is 439 g/mol. The minimum atomic E-state index is -0.252. The lowest BCUT2D eigenvalue weighted by atomic mass is 10.0. The van der Waals surface area contributed by atoms with Gasteiger partial charge in [0.05, 0.1) is 24.6 Å². The topological polar surface area (TPSA) is 89.3 Å². The molecule has 0 fully saturated rings. The highest BCUT2D eigenvalue weighted by Crippen LogP contribution is 2.26. The smallest absolute Gasteiger partial charge is 0.272 e. The number of aryl methyl sites for hydroxylation is 1. The molecular weight excluding hydrogens is 414 g/mol. The number of methoxy groups -OCH3 is 1. The number of fused-ring (bicyclic) bond motifs is 1. The van der Waals surface area contributed by atoms with E-state index in [1.54, 1.807) is 24.4 Å². The molecule has 1 aliphatic rings. The first-order valence-electron chi connectivity index (χ1n) is 10.2. The van der Waals surface area contributed by atoms with Crippen LogP contribution in [0, 0.1) is 6.92 Å². The van der Waals surface area contributed by atoms with Gasteiger partial charge in [0.1, 0.15) is 0 Å². The van der Waals surface area contributed by atoms with E-state index in [1.807, 2.05) is 35.9 Å². The van der Waals surface area contributed by atoms with E-state index in [9.17, 15) is 9.59 Å². The average Bonchev–Trinajstić information content (AvgIpc) is 3.39. The third-order valence-electron chi connectivity index (χ3n) is 5.27. The minimum Gasteiger partial charge on any atom is -0.383 e. The molecule has 9 heteroatoms. The molecule has 0 aromatic carbocycles. The van der Waals surface area contributed by atoms with Gasteiger partial charge in [-0.3, -0.25) is 19.3 Å². The zero-order valence-electron chi connectivity index (χ0n) is 17.6. The van der Waals surface area contributed by atoms with Crippen LogP contribution in [0.1, 0.15) is 41.9 Å². The average molecular weight is 440 g/mol. The summed E-state index contributed by atoms with van der Waals surface area (Å²) >= 11 is 1.49. The van der Waals surface area contributed by atoms with Crippen LogP contribution in [0.25, 0.3) is 0 Å². The Balaban J connectivity index is 1.56. The lowest BCUT2D eigenvalue weighted by molar-refractivity contribution is 0.0734. The van der Waals surface area contributed by atoms with E-state index in [-0.39, 0.29) is 11.8 Å².